The molecule has 0 unspecified atom stereocenters. The molecule has 3 N–H and O–H groups in total. The fourth-order valence-corrected chi connectivity index (χ4v) is 10.4. The number of aromatic nitrogens is 8. The number of aryl methyl sites for hydroxylation is 1. The molecule has 2 aromatic carbocycles. The van der Waals surface area contributed by atoms with E-state index in [1.54, 1.807) is 38.3 Å². The molecule has 3 saturated heterocycles. The molecule has 3 fully saturated rings. The summed E-state index contributed by atoms with van der Waals surface area (Å²) in [4.78, 5) is 40.3. The van der Waals surface area contributed by atoms with Crippen molar-refractivity contribution in [3.8, 4) is 17.0 Å². The number of imide groups is 1. The third kappa shape index (κ3) is 7.81. The number of nitrogens with one attached hydrogen (secondary N) is 3. The maximum Gasteiger partial charge on any atom is 0.329 e. The number of hydrogen-bond donors (Lipinski definition) is 3. The number of urea groups is 1. The highest BCUT2D eigenvalue weighted by Crippen LogP contribution is 2.35. The van der Waals surface area contributed by atoms with Crippen LogP contribution in [-0.2, 0) is 28.4 Å². The zero-order chi connectivity index (χ0) is 43.5. The van der Waals surface area contributed by atoms with E-state index in [1.165, 1.54) is 4.90 Å². The molecule has 6 aromatic rings. The minimum Gasteiger partial charge on any atom is -0.485 e. The largest absolute Gasteiger partial charge is 0.485 e. The van der Waals surface area contributed by atoms with E-state index in [4.69, 9.17) is 9.72 Å². The lowest BCUT2D eigenvalue weighted by molar-refractivity contribution is -0.120. The topological polar surface area (TPSA) is 204 Å². The average molecular weight is 865 g/mol. The Morgan fingerprint density at radius 3 is 2.63 bits per heavy atom. The van der Waals surface area contributed by atoms with Crippen LogP contribution in [0.3, 0.4) is 0 Å². The Hall–Kier alpha value is -6.12. The van der Waals surface area contributed by atoms with Gasteiger partial charge in [-0.1, -0.05) is 19.1 Å². The van der Waals surface area contributed by atoms with E-state index >= 15 is 0 Å². The molecule has 3 aliphatic rings. The number of aromatic amines is 1. The molecule has 7 heterocycles. The monoisotopic (exact) mass is 864 g/mol. The maximum atomic E-state index is 14.2. The van der Waals surface area contributed by atoms with Gasteiger partial charge in [0.1, 0.15) is 12.0 Å². The predicted molar refractivity (Wildman–Crippen MR) is 233 cm³/mol. The molecule has 0 radical (unpaired) electrons. The molecule has 2 atom stereocenters. The van der Waals surface area contributed by atoms with Gasteiger partial charge in [-0.15, -0.1) is 5.10 Å². The number of hydrogen-bond acceptors (Lipinski definition) is 13. The molecule has 326 valence electrons. The molecule has 3 amide bonds. The van der Waals surface area contributed by atoms with Crippen molar-refractivity contribution >= 4 is 56.0 Å². The summed E-state index contributed by atoms with van der Waals surface area (Å²) < 4.78 is 39.5. The van der Waals surface area contributed by atoms with Crippen LogP contribution in [0.2, 0.25) is 0 Å². The molecule has 62 heavy (non-hydrogen) atoms. The lowest BCUT2D eigenvalue weighted by atomic mass is 9.95. The van der Waals surface area contributed by atoms with Gasteiger partial charge in [0.15, 0.2) is 11.6 Å². The quantitative estimate of drug-likeness (QED) is 0.167. The summed E-state index contributed by atoms with van der Waals surface area (Å²) in [6.07, 6.45) is 5.72. The molecule has 4 aromatic heterocycles. The molecule has 19 nitrogen and oxygen atoms in total. The fourth-order valence-electron chi connectivity index (χ4n) is 8.80. The van der Waals surface area contributed by atoms with Crippen LogP contribution in [0.5, 0.6) is 5.75 Å². The van der Waals surface area contributed by atoms with Gasteiger partial charge in [-0.05, 0) is 75.9 Å². The number of rotatable bonds is 11. The minimum absolute atomic E-state index is 0.0276. The summed E-state index contributed by atoms with van der Waals surface area (Å²) in [5.74, 6) is 1.15. The van der Waals surface area contributed by atoms with Gasteiger partial charge < -0.3 is 15.0 Å². The zero-order valence-electron chi connectivity index (χ0n) is 35.7. The van der Waals surface area contributed by atoms with Crippen molar-refractivity contribution in [2.24, 2.45) is 13.0 Å². The minimum atomic E-state index is -3.76. The van der Waals surface area contributed by atoms with Crippen molar-refractivity contribution in [1.29, 1.82) is 0 Å². The first-order valence-electron chi connectivity index (χ1n) is 21.0. The van der Waals surface area contributed by atoms with Crippen molar-refractivity contribution in [3.05, 3.63) is 66.7 Å². The molecule has 0 saturated carbocycles. The molecule has 9 rings (SSSR count). The molecular weight excluding hydrogens is 813 g/mol. The predicted octanol–water partition coefficient (Wildman–Crippen LogP) is 4.25. The molecule has 0 aliphatic carbocycles. The van der Waals surface area contributed by atoms with Gasteiger partial charge in [0.05, 0.1) is 22.7 Å². The highest BCUT2D eigenvalue weighted by Gasteiger charge is 2.37. The van der Waals surface area contributed by atoms with Crippen LogP contribution in [0.1, 0.15) is 53.0 Å². The van der Waals surface area contributed by atoms with Gasteiger partial charge in [-0.25, -0.2) is 18.2 Å². The van der Waals surface area contributed by atoms with Crippen LogP contribution >= 0.6 is 0 Å². The maximum absolute atomic E-state index is 14.2. The standard InChI is InChI=1S/C42H52N14O5S/c1-26(2)61-37-36(29-20-44-45-21-29)43-25-56-39(37)48-40(50-56)46-33-12-14-54(22-27(33)3)62(59,60)31-9-7-8-28(18-31)23-53-17-16-52(24-42(53,4)5)30-10-11-32-34(19-30)51(6)49-38(32)55-15-13-35(57)47-41(55)58/h7-11,18-21,25-27,33H,12-17,22-24H2,1-6H3,(H,44,45)(H,46,50)(H,47,57,58)/t27-,33+/m1/s1. The number of sulfonamides is 1. The van der Waals surface area contributed by atoms with Crippen molar-refractivity contribution in [2.75, 3.05) is 54.4 Å². The number of benzene rings is 2. The van der Waals surface area contributed by atoms with E-state index in [0.717, 1.165) is 47.4 Å². The van der Waals surface area contributed by atoms with Crippen LogP contribution in [0, 0.1) is 5.92 Å². The first-order valence-corrected chi connectivity index (χ1v) is 22.4. The van der Waals surface area contributed by atoms with Gasteiger partial charge in [-0.2, -0.15) is 24.0 Å². The third-order valence-corrected chi connectivity index (χ3v) is 14.0. The van der Waals surface area contributed by atoms with E-state index in [0.29, 0.717) is 59.8 Å². The highest BCUT2D eigenvalue weighted by molar-refractivity contribution is 7.89. The van der Waals surface area contributed by atoms with E-state index in [2.05, 4.69) is 71.8 Å². The molecule has 0 spiro atoms. The second-order valence-corrected chi connectivity index (χ2v) is 19.3. The van der Waals surface area contributed by atoms with E-state index < -0.39 is 16.1 Å². The number of anilines is 3. The first-order chi connectivity index (χ1) is 29.6. The van der Waals surface area contributed by atoms with Crippen molar-refractivity contribution in [1.82, 2.24) is 54.1 Å². The van der Waals surface area contributed by atoms with Crippen molar-refractivity contribution in [2.45, 2.75) is 76.6 Å². The van der Waals surface area contributed by atoms with Gasteiger partial charge >= 0.3 is 6.03 Å². The van der Waals surface area contributed by atoms with E-state index in [1.807, 2.05) is 52.1 Å². The number of nitrogens with zero attached hydrogens (tertiary/aromatic N) is 11. The molecular formula is C42H52N14O5S. The summed E-state index contributed by atoms with van der Waals surface area (Å²) in [6, 6.07) is 13.0. The number of fused-ring (bicyclic) bond motifs is 2. The van der Waals surface area contributed by atoms with Gasteiger partial charge in [0.25, 0.3) is 0 Å². The highest BCUT2D eigenvalue weighted by atomic mass is 32.2. The summed E-state index contributed by atoms with van der Waals surface area (Å²) >= 11 is 0. The summed E-state index contributed by atoms with van der Waals surface area (Å²) in [7, 11) is -1.90. The normalized spacial score (nSPS) is 20.4. The summed E-state index contributed by atoms with van der Waals surface area (Å²) in [5.41, 5.74) is 4.56. The van der Waals surface area contributed by atoms with Crippen LogP contribution in [0.25, 0.3) is 27.8 Å². The Labute approximate surface area is 359 Å². The average Bonchev–Trinajstić information content (AvgIpc) is 3.99. The Balaban J connectivity index is 0.841. The van der Waals surface area contributed by atoms with Crippen LogP contribution in [0.4, 0.5) is 22.2 Å². The lowest BCUT2D eigenvalue weighted by Gasteiger charge is -2.48. The van der Waals surface area contributed by atoms with Crippen molar-refractivity contribution in [3.63, 3.8) is 0 Å². The fraction of sp³-hybridized carbons (Fsp3) is 0.452. The molecule has 0 bridgehead atoms. The Morgan fingerprint density at radius 2 is 1.89 bits per heavy atom. The Bertz CT molecular complexity index is 2770. The number of carbonyl (C=O) groups is 2. The van der Waals surface area contributed by atoms with Crippen LogP contribution in [0.15, 0.2) is 66.1 Å². The smallest absolute Gasteiger partial charge is 0.329 e. The summed E-state index contributed by atoms with van der Waals surface area (Å²) in [5, 5.41) is 22.8. The SMILES string of the molecule is CC(C)Oc1c(-c2cn[nH]c2)ncn2nc(N[C@H]3CCN(S(=O)(=O)c4cccc(CN5CCN(c6ccc7c(N8CCC(=O)NC8=O)nn(C)c7c6)CC5(C)C)c4)C[C@H]3C)nc12. The number of carbonyl (C=O) groups excluding carboxylic acids is 2. The van der Waals surface area contributed by atoms with Gasteiger partial charge in [0, 0.05) is 93.7 Å². The number of piperidine rings is 1. The van der Waals surface area contributed by atoms with Crippen LogP contribution < -0.4 is 25.2 Å². The van der Waals surface area contributed by atoms with E-state index in [9.17, 15) is 18.0 Å². The van der Waals surface area contributed by atoms with Crippen LogP contribution in [-0.4, -0.2) is 126 Å². The Kier molecular flexibility index (Phi) is 10.6. The van der Waals surface area contributed by atoms with Gasteiger partial charge in [-0.3, -0.25) is 29.7 Å². The molecule has 3 aliphatic heterocycles. The zero-order valence-corrected chi connectivity index (χ0v) is 36.6. The third-order valence-electron chi connectivity index (χ3n) is 12.1. The number of amides is 3. The number of piperazine rings is 1. The first kappa shape index (κ1) is 41.2. The second-order valence-electron chi connectivity index (χ2n) is 17.4. The summed E-state index contributed by atoms with van der Waals surface area (Å²) in [6.45, 7) is 14.2. The lowest BCUT2D eigenvalue weighted by Crippen LogP contribution is -2.58. The number of H-pyrrole nitrogens is 1. The van der Waals surface area contributed by atoms with E-state index in [-0.39, 0.29) is 42.5 Å². The number of ether oxygens (including phenoxy) is 1. The molecule has 20 heteroatoms. The second kappa shape index (κ2) is 16.0. The van der Waals surface area contributed by atoms with Crippen molar-refractivity contribution < 1.29 is 22.7 Å². The van der Waals surface area contributed by atoms with Gasteiger partial charge in [0.2, 0.25) is 27.5 Å². The Morgan fingerprint density at radius 1 is 1.05 bits per heavy atom.